The molecule has 0 bridgehead atoms. The molecule has 8 heteroatoms. The average Bonchev–Trinajstić information content (AvgIpc) is 2.74. The highest BCUT2D eigenvalue weighted by Gasteiger charge is 2.61. The van der Waals surface area contributed by atoms with Gasteiger partial charge in [0.1, 0.15) is 5.92 Å². The van der Waals surface area contributed by atoms with Crippen LogP contribution in [0, 0.1) is 23.7 Å². The number of nitrogens with zero attached hydrogens (tertiary/aromatic N) is 1. The van der Waals surface area contributed by atoms with Gasteiger partial charge in [0.05, 0.1) is 18.8 Å². The Morgan fingerprint density at radius 3 is 2.65 bits per heavy atom. The molecule has 6 atom stereocenters. The summed E-state index contributed by atoms with van der Waals surface area (Å²) in [6.07, 6.45) is 2.65. The van der Waals surface area contributed by atoms with Crippen LogP contribution in [0.15, 0.2) is 0 Å². The first-order chi connectivity index (χ1) is 10.7. The first-order valence-corrected chi connectivity index (χ1v) is 10.5. The Bertz CT molecular complexity index is 580. The van der Waals surface area contributed by atoms with Crippen molar-refractivity contribution in [3.8, 4) is 0 Å². The smallest absolute Gasteiger partial charge is 0.324 e. The number of carbonyl (C=O) groups excluding carboxylic acids is 1. The van der Waals surface area contributed by atoms with Crippen molar-refractivity contribution in [2.75, 3.05) is 6.61 Å². The third-order valence-corrected chi connectivity index (χ3v) is 6.81. The third kappa shape index (κ3) is 3.13. The largest absolute Gasteiger partial charge is 0.349 e. The molecule has 0 spiro atoms. The van der Waals surface area contributed by atoms with E-state index in [4.69, 9.17) is 20.2 Å². The lowest BCUT2D eigenvalue weighted by Gasteiger charge is -2.42. The zero-order valence-electron chi connectivity index (χ0n) is 13.6. The monoisotopic (exact) mass is 365 g/mol. The van der Waals surface area contributed by atoms with E-state index in [1.807, 2.05) is 0 Å². The summed E-state index contributed by atoms with van der Waals surface area (Å²) in [7, 11) is 1.26. The molecule has 2 aliphatic heterocycles. The summed E-state index contributed by atoms with van der Waals surface area (Å²) in [5.74, 6) is 0.466. The fraction of sp³-hybridized carbons (Fsp3) is 0.933. The van der Waals surface area contributed by atoms with Crippen LogP contribution >= 0.6 is 10.7 Å². The van der Waals surface area contributed by atoms with Gasteiger partial charge in [0.25, 0.3) is 0 Å². The number of amides is 1. The van der Waals surface area contributed by atoms with Gasteiger partial charge >= 0.3 is 9.24 Å². The van der Waals surface area contributed by atoms with Gasteiger partial charge in [-0.3, -0.25) is 4.79 Å². The predicted molar refractivity (Wildman–Crippen MR) is 84.9 cm³/mol. The minimum Gasteiger partial charge on any atom is -0.349 e. The van der Waals surface area contributed by atoms with Crippen LogP contribution in [-0.4, -0.2) is 43.7 Å². The van der Waals surface area contributed by atoms with Crippen LogP contribution in [-0.2, 0) is 23.5 Å². The van der Waals surface area contributed by atoms with E-state index in [1.54, 1.807) is 0 Å². The molecule has 3 fully saturated rings. The van der Waals surface area contributed by atoms with Crippen molar-refractivity contribution >= 4 is 25.8 Å². The van der Waals surface area contributed by atoms with E-state index in [9.17, 15) is 13.2 Å². The van der Waals surface area contributed by atoms with Crippen LogP contribution in [0.5, 0.6) is 0 Å². The lowest BCUT2D eigenvalue weighted by molar-refractivity contribution is -0.197. The molecule has 1 amide bonds. The normalized spacial score (nSPS) is 41.1. The molecule has 0 aromatic heterocycles. The van der Waals surface area contributed by atoms with Crippen LogP contribution in [0.25, 0.3) is 0 Å². The van der Waals surface area contributed by atoms with Crippen molar-refractivity contribution in [1.82, 2.24) is 4.31 Å². The Balaban J connectivity index is 1.68. The number of hydrogen-bond donors (Lipinski definition) is 0. The van der Waals surface area contributed by atoms with Gasteiger partial charge in [-0.15, -0.1) is 0 Å². The topological polar surface area (TPSA) is 72.9 Å². The lowest BCUT2D eigenvalue weighted by Crippen LogP contribution is -2.63. The van der Waals surface area contributed by atoms with Crippen molar-refractivity contribution in [3.05, 3.63) is 0 Å². The Kier molecular flexibility index (Phi) is 4.68. The van der Waals surface area contributed by atoms with Gasteiger partial charge < -0.3 is 9.47 Å². The molecule has 23 heavy (non-hydrogen) atoms. The molecule has 3 rings (SSSR count). The molecule has 3 aliphatic rings. The maximum atomic E-state index is 12.1. The van der Waals surface area contributed by atoms with Crippen molar-refractivity contribution < 1.29 is 22.7 Å². The molecule has 2 saturated heterocycles. The lowest BCUT2D eigenvalue weighted by atomic mass is 9.75. The summed E-state index contributed by atoms with van der Waals surface area (Å²) >= 11 is 0. The van der Waals surface area contributed by atoms with Crippen LogP contribution in [0.4, 0.5) is 0 Å². The van der Waals surface area contributed by atoms with Crippen molar-refractivity contribution in [2.45, 2.75) is 58.5 Å². The first-order valence-electron chi connectivity index (χ1n) is 8.25. The number of β-lactam (4-membered cyclic amide) rings is 1. The second-order valence-electron chi connectivity index (χ2n) is 7.37. The molecule has 1 saturated carbocycles. The SMILES string of the molecule is CC(C)C1CC[C@@H](C)CC1OC1OCC2C1C(=O)N2S(=O)(=O)Cl. The zero-order valence-corrected chi connectivity index (χ0v) is 15.2. The highest BCUT2D eigenvalue weighted by Crippen LogP contribution is 2.43. The highest BCUT2D eigenvalue weighted by molar-refractivity contribution is 8.12. The van der Waals surface area contributed by atoms with Gasteiger partial charge in [-0.25, -0.2) is 4.31 Å². The summed E-state index contributed by atoms with van der Waals surface area (Å²) in [5, 5.41) is 0. The number of halogens is 1. The maximum absolute atomic E-state index is 12.1. The van der Waals surface area contributed by atoms with Crippen molar-refractivity contribution in [2.24, 2.45) is 23.7 Å². The van der Waals surface area contributed by atoms with Gasteiger partial charge in [0.15, 0.2) is 6.29 Å². The summed E-state index contributed by atoms with van der Waals surface area (Å²) in [6, 6.07) is -0.520. The molecule has 132 valence electrons. The molecule has 0 N–H and O–H groups in total. The minimum absolute atomic E-state index is 0.0527. The van der Waals surface area contributed by atoms with E-state index in [2.05, 4.69) is 20.8 Å². The van der Waals surface area contributed by atoms with Crippen LogP contribution in [0.3, 0.4) is 0 Å². The molecule has 2 heterocycles. The van der Waals surface area contributed by atoms with E-state index in [-0.39, 0.29) is 12.7 Å². The summed E-state index contributed by atoms with van der Waals surface area (Å²) in [6.45, 7) is 6.74. The fourth-order valence-corrected chi connectivity index (χ4v) is 5.50. The van der Waals surface area contributed by atoms with E-state index in [1.165, 1.54) is 6.42 Å². The van der Waals surface area contributed by atoms with E-state index >= 15 is 0 Å². The number of rotatable bonds is 4. The standard InChI is InChI=1S/C15H24ClNO5S/c1-8(2)10-5-4-9(3)6-12(10)22-15-13-11(7-21-15)17(14(13)18)23(16,19)20/h8-13,15H,4-7H2,1-3H3/t9-,10?,11?,12?,13?,15?/m1/s1. The van der Waals surface area contributed by atoms with Crippen LogP contribution in [0.2, 0.25) is 0 Å². The Morgan fingerprint density at radius 2 is 2.04 bits per heavy atom. The minimum atomic E-state index is -4.04. The first kappa shape index (κ1) is 17.5. The maximum Gasteiger partial charge on any atom is 0.324 e. The molecule has 5 unspecified atom stereocenters. The number of hydrogen-bond acceptors (Lipinski definition) is 5. The molecule has 0 radical (unpaired) electrons. The highest BCUT2D eigenvalue weighted by atomic mass is 35.7. The van der Waals surface area contributed by atoms with Crippen molar-refractivity contribution in [3.63, 3.8) is 0 Å². The van der Waals surface area contributed by atoms with Gasteiger partial charge in [0.2, 0.25) is 5.91 Å². The van der Waals surface area contributed by atoms with E-state index in [0.717, 1.165) is 12.8 Å². The van der Waals surface area contributed by atoms with Gasteiger partial charge in [-0.1, -0.05) is 27.2 Å². The summed E-state index contributed by atoms with van der Waals surface area (Å²) < 4.78 is 35.3. The predicted octanol–water partition coefficient (Wildman–Crippen LogP) is 2.13. The summed E-state index contributed by atoms with van der Waals surface area (Å²) in [5.41, 5.74) is 0. The van der Waals surface area contributed by atoms with E-state index < -0.39 is 33.4 Å². The van der Waals surface area contributed by atoms with Crippen LogP contribution in [0.1, 0.15) is 40.0 Å². The third-order valence-electron chi connectivity index (χ3n) is 5.45. The molecule has 1 aliphatic carbocycles. The number of carbonyl (C=O) groups is 1. The summed E-state index contributed by atoms with van der Waals surface area (Å²) in [4.78, 5) is 12.1. The molecular weight excluding hydrogens is 342 g/mol. The zero-order chi connectivity index (χ0) is 16.9. The molecular formula is C15H24ClNO5S. The number of fused-ring (bicyclic) bond motifs is 1. The average molecular weight is 366 g/mol. The fourth-order valence-electron chi connectivity index (χ4n) is 4.14. The molecule has 0 aromatic carbocycles. The van der Waals surface area contributed by atoms with Gasteiger partial charge in [0, 0.05) is 10.7 Å². The second-order valence-corrected chi connectivity index (χ2v) is 9.76. The Morgan fingerprint density at radius 1 is 1.35 bits per heavy atom. The molecule has 0 aromatic rings. The number of ether oxygens (including phenoxy) is 2. The quantitative estimate of drug-likeness (QED) is 0.563. The molecule has 6 nitrogen and oxygen atoms in total. The van der Waals surface area contributed by atoms with Crippen LogP contribution < -0.4 is 0 Å². The Labute approximate surface area is 142 Å². The van der Waals surface area contributed by atoms with E-state index in [0.29, 0.717) is 22.1 Å². The Hall–Kier alpha value is -0.370. The van der Waals surface area contributed by atoms with Gasteiger partial charge in [-0.2, -0.15) is 8.42 Å². The van der Waals surface area contributed by atoms with Crippen molar-refractivity contribution in [1.29, 1.82) is 0 Å². The second kappa shape index (κ2) is 6.17. The van der Waals surface area contributed by atoms with Gasteiger partial charge in [-0.05, 0) is 30.6 Å².